The highest BCUT2D eigenvalue weighted by Crippen LogP contribution is 2.30. The zero-order chi connectivity index (χ0) is 16.1. The summed E-state index contributed by atoms with van der Waals surface area (Å²) in [6, 6.07) is 12.1. The van der Waals surface area contributed by atoms with E-state index in [1.807, 2.05) is 30.3 Å². The molecular formula is C18H22N2O3. The number of amides is 1. The summed E-state index contributed by atoms with van der Waals surface area (Å²) < 4.78 is 10.6. The molecule has 1 fully saturated rings. The van der Waals surface area contributed by atoms with Crippen molar-refractivity contribution in [1.82, 2.24) is 10.2 Å². The van der Waals surface area contributed by atoms with E-state index < -0.39 is 0 Å². The third-order valence-electron chi connectivity index (χ3n) is 4.02. The largest absolute Gasteiger partial charge is 0.496 e. The van der Waals surface area contributed by atoms with Crippen LogP contribution in [-0.4, -0.2) is 30.5 Å². The number of para-hydroxylation sites is 1. The molecule has 5 nitrogen and oxygen atoms in total. The number of carbonyl (C=O) groups is 1. The molecule has 23 heavy (non-hydrogen) atoms. The van der Waals surface area contributed by atoms with Gasteiger partial charge in [-0.25, -0.2) is 0 Å². The number of benzene rings is 1. The Bertz CT molecular complexity index is 635. The van der Waals surface area contributed by atoms with E-state index in [-0.39, 0.29) is 5.91 Å². The van der Waals surface area contributed by atoms with E-state index in [0.717, 1.165) is 36.5 Å². The molecule has 0 radical (unpaired) electrons. The Labute approximate surface area is 136 Å². The Kier molecular flexibility index (Phi) is 4.98. The van der Waals surface area contributed by atoms with Gasteiger partial charge in [-0.2, -0.15) is 0 Å². The smallest absolute Gasteiger partial charge is 0.234 e. The molecule has 3 rings (SSSR count). The first-order chi connectivity index (χ1) is 11.3. The van der Waals surface area contributed by atoms with Gasteiger partial charge in [0.25, 0.3) is 0 Å². The van der Waals surface area contributed by atoms with E-state index in [1.54, 1.807) is 13.4 Å². The van der Waals surface area contributed by atoms with Gasteiger partial charge in [-0.05, 0) is 31.0 Å². The van der Waals surface area contributed by atoms with Gasteiger partial charge >= 0.3 is 0 Å². The van der Waals surface area contributed by atoms with Gasteiger partial charge in [0.1, 0.15) is 11.5 Å². The maximum absolute atomic E-state index is 12.2. The molecule has 0 spiro atoms. The van der Waals surface area contributed by atoms with Crippen molar-refractivity contribution in [3.8, 4) is 5.75 Å². The molecule has 1 aromatic heterocycles. The number of carbonyl (C=O) groups excluding carboxylic acids is 1. The minimum atomic E-state index is 0.0168. The van der Waals surface area contributed by atoms with E-state index in [1.165, 1.54) is 0 Å². The highest BCUT2D eigenvalue weighted by atomic mass is 16.5. The molecule has 1 N–H and O–H groups in total. The standard InChI is InChI=1S/C18H22N2O3/c1-22-17-7-3-2-5-14(17)12-20(15-8-9-15)13-18(21)19-11-16-6-4-10-23-16/h2-7,10,15H,8-9,11-13H2,1H3,(H,19,21). The lowest BCUT2D eigenvalue weighted by atomic mass is 10.2. The van der Waals surface area contributed by atoms with Crippen molar-refractivity contribution in [2.75, 3.05) is 13.7 Å². The SMILES string of the molecule is COc1ccccc1CN(CC(=O)NCc1ccco1)C1CC1. The summed E-state index contributed by atoms with van der Waals surface area (Å²) in [5.41, 5.74) is 1.11. The van der Waals surface area contributed by atoms with E-state index in [4.69, 9.17) is 9.15 Å². The van der Waals surface area contributed by atoms with Crippen LogP contribution >= 0.6 is 0 Å². The fourth-order valence-corrected chi connectivity index (χ4v) is 2.65. The maximum atomic E-state index is 12.2. The number of furan rings is 1. The van der Waals surface area contributed by atoms with Crippen LogP contribution in [0.15, 0.2) is 47.1 Å². The highest BCUT2D eigenvalue weighted by molar-refractivity contribution is 5.78. The van der Waals surface area contributed by atoms with Crippen LogP contribution in [0.1, 0.15) is 24.2 Å². The van der Waals surface area contributed by atoms with Gasteiger partial charge in [0.05, 0.1) is 26.5 Å². The van der Waals surface area contributed by atoms with Crippen LogP contribution in [0.4, 0.5) is 0 Å². The Balaban J connectivity index is 1.57. The summed E-state index contributed by atoms with van der Waals surface area (Å²) in [5.74, 6) is 1.65. The van der Waals surface area contributed by atoms with Crippen LogP contribution in [0.2, 0.25) is 0 Å². The highest BCUT2D eigenvalue weighted by Gasteiger charge is 2.30. The molecular weight excluding hydrogens is 292 g/mol. The summed E-state index contributed by atoms with van der Waals surface area (Å²) in [5, 5.41) is 2.91. The number of hydrogen-bond acceptors (Lipinski definition) is 4. The van der Waals surface area contributed by atoms with E-state index in [9.17, 15) is 4.79 Å². The second-order valence-corrected chi connectivity index (χ2v) is 5.80. The first-order valence-corrected chi connectivity index (χ1v) is 7.91. The van der Waals surface area contributed by atoms with E-state index in [0.29, 0.717) is 19.1 Å². The van der Waals surface area contributed by atoms with Crippen molar-refractivity contribution in [2.24, 2.45) is 0 Å². The Morgan fingerprint density at radius 2 is 2.13 bits per heavy atom. The van der Waals surface area contributed by atoms with Gasteiger partial charge in [0.2, 0.25) is 5.91 Å². The lowest BCUT2D eigenvalue weighted by Gasteiger charge is -2.22. The predicted molar refractivity (Wildman–Crippen MR) is 87.0 cm³/mol. The number of hydrogen-bond donors (Lipinski definition) is 1. The monoisotopic (exact) mass is 314 g/mol. The quantitative estimate of drug-likeness (QED) is 0.813. The van der Waals surface area contributed by atoms with Gasteiger partial charge in [-0.3, -0.25) is 9.69 Å². The summed E-state index contributed by atoms with van der Waals surface area (Å²) in [7, 11) is 1.68. The lowest BCUT2D eigenvalue weighted by molar-refractivity contribution is -0.122. The Morgan fingerprint density at radius 3 is 2.83 bits per heavy atom. The summed E-state index contributed by atoms with van der Waals surface area (Å²) in [6.07, 6.45) is 3.92. The molecule has 1 heterocycles. The molecule has 1 aromatic carbocycles. The molecule has 2 aromatic rings. The van der Waals surface area contributed by atoms with E-state index >= 15 is 0 Å². The molecule has 1 aliphatic rings. The topological polar surface area (TPSA) is 54.7 Å². The van der Waals surface area contributed by atoms with Gasteiger partial charge in [0.15, 0.2) is 0 Å². The average molecular weight is 314 g/mol. The first-order valence-electron chi connectivity index (χ1n) is 7.91. The van der Waals surface area contributed by atoms with Gasteiger partial charge < -0.3 is 14.5 Å². The lowest BCUT2D eigenvalue weighted by Crippen LogP contribution is -2.37. The first kappa shape index (κ1) is 15.6. The van der Waals surface area contributed by atoms with Gasteiger partial charge in [-0.1, -0.05) is 18.2 Å². The normalized spacial score (nSPS) is 14.0. The van der Waals surface area contributed by atoms with Crippen molar-refractivity contribution in [2.45, 2.75) is 32.0 Å². The number of ether oxygens (including phenoxy) is 1. The molecule has 0 unspecified atom stereocenters. The molecule has 0 atom stereocenters. The zero-order valence-electron chi connectivity index (χ0n) is 13.3. The molecule has 0 saturated heterocycles. The average Bonchev–Trinajstić information content (AvgIpc) is 3.29. The van der Waals surface area contributed by atoms with Crippen LogP contribution in [0.3, 0.4) is 0 Å². The van der Waals surface area contributed by atoms with Crippen molar-refractivity contribution < 1.29 is 13.9 Å². The summed E-state index contributed by atoms with van der Waals surface area (Å²) in [6.45, 7) is 1.55. The van der Waals surface area contributed by atoms with Crippen LogP contribution in [0.5, 0.6) is 5.75 Å². The van der Waals surface area contributed by atoms with Crippen molar-refractivity contribution >= 4 is 5.91 Å². The predicted octanol–water partition coefficient (Wildman–Crippen LogP) is 2.57. The molecule has 1 saturated carbocycles. The van der Waals surface area contributed by atoms with Gasteiger partial charge in [-0.15, -0.1) is 0 Å². The second-order valence-electron chi connectivity index (χ2n) is 5.80. The van der Waals surface area contributed by atoms with Crippen molar-refractivity contribution in [3.05, 3.63) is 54.0 Å². The third kappa shape index (κ3) is 4.36. The molecule has 1 aliphatic carbocycles. The number of rotatable bonds is 8. The molecule has 1 amide bonds. The fourth-order valence-electron chi connectivity index (χ4n) is 2.65. The van der Waals surface area contributed by atoms with E-state index in [2.05, 4.69) is 16.3 Å². The van der Waals surface area contributed by atoms with Crippen LogP contribution in [0, 0.1) is 0 Å². The van der Waals surface area contributed by atoms with Crippen molar-refractivity contribution in [1.29, 1.82) is 0 Å². The van der Waals surface area contributed by atoms with Gasteiger partial charge in [0, 0.05) is 18.2 Å². The maximum Gasteiger partial charge on any atom is 0.234 e. The number of methoxy groups -OCH3 is 1. The van der Waals surface area contributed by atoms with Crippen molar-refractivity contribution in [3.63, 3.8) is 0 Å². The summed E-state index contributed by atoms with van der Waals surface area (Å²) >= 11 is 0. The number of nitrogens with one attached hydrogen (secondary N) is 1. The molecule has 122 valence electrons. The zero-order valence-corrected chi connectivity index (χ0v) is 13.3. The Morgan fingerprint density at radius 1 is 1.30 bits per heavy atom. The number of nitrogens with zero attached hydrogens (tertiary/aromatic N) is 1. The molecule has 5 heteroatoms. The second kappa shape index (κ2) is 7.33. The third-order valence-corrected chi connectivity index (χ3v) is 4.02. The molecule has 0 bridgehead atoms. The van der Waals surface area contributed by atoms with Crippen LogP contribution in [-0.2, 0) is 17.9 Å². The minimum Gasteiger partial charge on any atom is -0.496 e. The summed E-state index contributed by atoms with van der Waals surface area (Å²) in [4.78, 5) is 14.4. The van der Waals surface area contributed by atoms with Crippen LogP contribution < -0.4 is 10.1 Å². The van der Waals surface area contributed by atoms with Crippen LogP contribution in [0.25, 0.3) is 0 Å². The fraction of sp³-hybridized carbons (Fsp3) is 0.389. The molecule has 0 aliphatic heterocycles. The Hall–Kier alpha value is -2.27. The minimum absolute atomic E-state index is 0.0168.